The fourth-order valence-electron chi connectivity index (χ4n) is 1.41. The van der Waals surface area contributed by atoms with Crippen LogP contribution in [0.3, 0.4) is 0 Å². The average molecular weight is 271 g/mol. The molecule has 0 aliphatic rings. The summed E-state index contributed by atoms with van der Waals surface area (Å²) >= 11 is 0. The fraction of sp³-hybridized carbons (Fsp3) is 0.364. The Labute approximate surface area is 107 Å². The van der Waals surface area contributed by atoms with Crippen molar-refractivity contribution in [3.63, 3.8) is 0 Å². The van der Waals surface area contributed by atoms with Crippen LogP contribution in [0.1, 0.15) is 12.0 Å². The summed E-state index contributed by atoms with van der Waals surface area (Å²) in [5.74, 6) is -0.227. The summed E-state index contributed by atoms with van der Waals surface area (Å²) < 4.78 is 26.2. The molecule has 0 spiro atoms. The number of benzene rings is 1. The van der Waals surface area contributed by atoms with Crippen molar-refractivity contribution in [2.75, 3.05) is 19.3 Å². The van der Waals surface area contributed by atoms with Gasteiger partial charge in [0.25, 0.3) is 0 Å². The van der Waals surface area contributed by atoms with Gasteiger partial charge in [-0.15, -0.1) is 0 Å². The number of hydrogen-bond donors (Lipinski definition) is 3. The highest BCUT2D eigenvalue weighted by Gasteiger charge is 2.17. The minimum atomic E-state index is -3.67. The van der Waals surface area contributed by atoms with Crippen LogP contribution >= 0.6 is 0 Å². The van der Waals surface area contributed by atoms with Crippen molar-refractivity contribution < 1.29 is 13.2 Å². The van der Waals surface area contributed by atoms with E-state index in [1.54, 1.807) is 12.1 Å². The lowest BCUT2D eigenvalue weighted by Gasteiger charge is -2.09. The van der Waals surface area contributed by atoms with Crippen molar-refractivity contribution in [3.8, 4) is 0 Å². The molecule has 0 bridgehead atoms. The van der Waals surface area contributed by atoms with E-state index in [0.29, 0.717) is 0 Å². The summed E-state index contributed by atoms with van der Waals surface area (Å²) in [5.41, 5.74) is 6.75. The van der Waals surface area contributed by atoms with E-state index in [0.717, 1.165) is 5.56 Å². The fourth-order valence-corrected chi connectivity index (χ4v) is 2.56. The van der Waals surface area contributed by atoms with Gasteiger partial charge in [-0.1, -0.05) is 6.07 Å². The van der Waals surface area contributed by atoms with E-state index in [1.165, 1.54) is 13.1 Å². The molecule has 0 radical (unpaired) electrons. The molecular weight excluding hydrogens is 254 g/mol. The molecule has 0 aliphatic heterocycles. The maximum atomic E-state index is 11.9. The predicted molar refractivity (Wildman–Crippen MR) is 69.5 cm³/mol. The van der Waals surface area contributed by atoms with E-state index in [1.807, 2.05) is 6.92 Å². The standard InChI is InChI=1S/C11H17N3O3S/c1-8-3-4-10(9(12)7-8)18(16,17)14-6-5-11(15)13-2/h3-4,7,14H,5-6,12H2,1-2H3,(H,13,15). The van der Waals surface area contributed by atoms with Crippen LogP contribution in [0.4, 0.5) is 5.69 Å². The number of hydrogen-bond acceptors (Lipinski definition) is 4. The topological polar surface area (TPSA) is 101 Å². The largest absolute Gasteiger partial charge is 0.398 e. The molecule has 0 aromatic heterocycles. The van der Waals surface area contributed by atoms with Crippen molar-refractivity contribution in [1.29, 1.82) is 0 Å². The third-order valence-corrected chi connectivity index (χ3v) is 3.91. The summed E-state index contributed by atoms with van der Waals surface area (Å²) in [4.78, 5) is 11.0. The molecule has 6 nitrogen and oxygen atoms in total. The number of carbonyl (C=O) groups is 1. The first kappa shape index (κ1) is 14.5. The van der Waals surface area contributed by atoms with Crippen molar-refractivity contribution in [3.05, 3.63) is 23.8 Å². The number of aryl methyl sites for hydroxylation is 1. The molecule has 0 atom stereocenters. The highest BCUT2D eigenvalue weighted by molar-refractivity contribution is 7.89. The first-order valence-electron chi connectivity index (χ1n) is 5.43. The third-order valence-electron chi connectivity index (χ3n) is 2.38. The zero-order chi connectivity index (χ0) is 13.8. The lowest BCUT2D eigenvalue weighted by molar-refractivity contribution is -0.120. The second-order valence-electron chi connectivity index (χ2n) is 3.86. The van der Waals surface area contributed by atoms with Crippen molar-refractivity contribution in [1.82, 2.24) is 10.0 Å². The molecule has 0 saturated carbocycles. The highest BCUT2D eigenvalue weighted by atomic mass is 32.2. The summed E-state index contributed by atoms with van der Waals surface area (Å²) in [6.07, 6.45) is 0.0848. The van der Waals surface area contributed by atoms with Gasteiger partial charge < -0.3 is 11.1 Å². The van der Waals surface area contributed by atoms with Gasteiger partial charge in [-0.05, 0) is 24.6 Å². The number of sulfonamides is 1. The molecule has 7 heteroatoms. The number of nitrogen functional groups attached to an aromatic ring is 1. The van der Waals surface area contributed by atoms with Gasteiger partial charge in [0.15, 0.2) is 0 Å². The Hall–Kier alpha value is -1.60. The molecule has 1 aromatic rings. The van der Waals surface area contributed by atoms with Crippen LogP contribution in [-0.2, 0) is 14.8 Å². The minimum absolute atomic E-state index is 0.0324. The number of rotatable bonds is 5. The second-order valence-corrected chi connectivity index (χ2v) is 5.60. The van der Waals surface area contributed by atoms with Gasteiger partial charge in [0, 0.05) is 20.0 Å². The highest BCUT2D eigenvalue weighted by Crippen LogP contribution is 2.18. The van der Waals surface area contributed by atoms with E-state index in [4.69, 9.17) is 5.73 Å². The lowest BCUT2D eigenvalue weighted by Crippen LogP contribution is -2.29. The molecule has 18 heavy (non-hydrogen) atoms. The van der Waals surface area contributed by atoms with Crippen LogP contribution in [0.5, 0.6) is 0 Å². The van der Waals surface area contributed by atoms with Crippen LogP contribution in [0.2, 0.25) is 0 Å². The van der Waals surface area contributed by atoms with E-state index in [9.17, 15) is 13.2 Å². The Balaban J connectivity index is 2.77. The van der Waals surface area contributed by atoms with Crippen LogP contribution in [0.25, 0.3) is 0 Å². The third kappa shape index (κ3) is 3.71. The molecule has 0 unspecified atom stereocenters. The SMILES string of the molecule is CNC(=O)CCNS(=O)(=O)c1ccc(C)cc1N. The minimum Gasteiger partial charge on any atom is -0.398 e. The van der Waals surface area contributed by atoms with Crippen LogP contribution in [-0.4, -0.2) is 27.9 Å². The second kappa shape index (κ2) is 5.83. The van der Waals surface area contributed by atoms with Gasteiger partial charge in [-0.25, -0.2) is 13.1 Å². The Morgan fingerprint density at radius 3 is 2.61 bits per heavy atom. The quantitative estimate of drug-likeness (QED) is 0.656. The zero-order valence-corrected chi connectivity index (χ0v) is 11.2. The number of amides is 1. The molecule has 0 heterocycles. The first-order valence-corrected chi connectivity index (χ1v) is 6.91. The lowest BCUT2D eigenvalue weighted by atomic mass is 10.2. The molecule has 0 fully saturated rings. The Morgan fingerprint density at radius 2 is 2.06 bits per heavy atom. The van der Waals surface area contributed by atoms with Crippen LogP contribution in [0, 0.1) is 6.92 Å². The number of anilines is 1. The van der Waals surface area contributed by atoms with Gasteiger partial charge >= 0.3 is 0 Å². The molecule has 0 aliphatic carbocycles. The van der Waals surface area contributed by atoms with Gasteiger partial charge in [0.05, 0.1) is 5.69 Å². The molecule has 0 saturated heterocycles. The zero-order valence-electron chi connectivity index (χ0n) is 10.4. The summed E-state index contributed by atoms with van der Waals surface area (Å²) in [7, 11) is -2.17. The van der Waals surface area contributed by atoms with E-state index >= 15 is 0 Å². The van der Waals surface area contributed by atoms with Gasteiger partial charge in [-0.2, -0.15) is 0 Å². The van der Waals surface area contributed by atoms with E-state index in [2.05, 4.69) is 10.0 Å². The Morgan fingerprint density at radius 1 is 1.39 bits per heavy atom. The Bertz CT molecular complexity index is 540. The van der Waals surface area contributed by atoms with E-state index < -0.39 is 10.0 Å². The summed E-state index contributed by atoms with van der Waals surface area (Å²) in [6, 6.07) is 4.71. The monoisotopic (exact) mass is 271 g/mol. The van der Waals surface area contributed by atoms with Crippen LogP contribution in [0.15, 0.2) is 23.1 Å². The van der Waals surface area contributed by atoms with Gasteiger partial charge in [0.2, 0.25) is 15.9 Å². The van der Waals surface area contributed by atoms with E-state index in [-0.39, 0.29) is 29.5 Å². The molecular formula is C11H17N3O3S. The molecule has 1 amide bonds. The summed E-state index contributed by atoms with van der Waals surface area (Å²) in [5, 5.41) is 2.41. The maximum Gasteiger partial charge on any atom is 0.242 e. The summed E-state index contributed by atoms with van der Waals surface area (Å²) in [6.45, 7) is 1.86. The average Bonchev–Trinajstić information content (AvgIpc) is 2.27. The number of nitrogens with one attached hydrogen (secondary N) is 2. The van der Waals surface area contributed by atoms with Crippen LogP contribution < -0.4 is 15.8 Å². The van der Waals surface area contributed by atoms with Crippen molar-refractivity contribution >= 4 is 21.6 Å². The number of carbonyl (C=O) groups excluding carboxylic acids is 1. The van der Waals surface area contributed by atoms with Gasteiger partial charge in [-0.3, -0.25) is 4.79 Å². The maximum absolute atomic E-state index is 11.9. The van der Waals surface area contributed by atoms with Crippen molar-refractivity contribution in [2.24, 2.45) is 0 Å². The molecule has 1 rings (SSSR count). The smallest absolute Gasteiger partial charge is 0.242 e. The van der Waals surface area contributed by atoms with Crippen molar-refractivity contribution in [2.45, 2.75) is 18.2 Å². The Kier molecular flexibility index (Phi) is 4.69. The van der Waals surface area contributed by atoms with Gasteiger partial charge in [0.1, 0.15) is 4.90 Å². The number of nitrogens with two attached hydrogens (primary N) is 1. The molecule has 100 valence electrons. The normalized spacial score (nSPS) is 11.2. The predicted octanol–water partition coefficient (Wildman–Crippen LogP) is -0.00838. The molecule has 1 aromatic carbocycles. The molecule has 4 N–H and O–H groups in total. The first-order chi connectivity index (χ1) is 8.36.